The van der Waals surface area contributed by atoms with E-state index in [4.69, 9.17) is 4.74 Å². The average molecular weight is 317 g/mol. The molecule has 3 rings (SSSR count). The van der Waals surface area contributed by atoms with E-state index in [2.05, 4.69) is 12.2 Å². The van der Waals surface area contributed by atoms with Gasteiger partial charge in [0.25, 0.3) is 10.2 Å². The van der Waals surface area contributed by atoms with Crippen LogP contribution in [0.3, 0.4) is 0 Å². The summed E-state index contributed by atoms with van der Waals surface area (Å²) in [5.41, 5.74) is 0. The van der Waals surface area contributed by atoms with Crippen molar-refractivity contribution >= 4 is 10.2 Å². The Kier molecular flexibility index (Phi) is 4.85. The Labute approximate surface area is 128 Å². The van der Waals surface area contributed by atoms with Crippen LogP contribution in [0.2, 0.25) is 0 Å². The van der Waals surface area contributed by atoms with Crippen molar-refractivity contribution < 1.29 is 13.2 Å². The second kappa shape index (κ2) is 6.50. The number of nitrogens with one attached hydrogen (secondary N) is 1. The predicted molar refractivity (Wildman–Crippen MR) is 81.2 cm³/mol. The first-order valence-corrected chi connectivity index (χ1v) is 9.60. The summed E-state index contributed by atoms with van der Waals surface area (Å²) in [7, 11) is -3.29. The van der Waals surface area contributed by atoms with E-state index in [1.807, 2.05) is 0 Å². The van der Waals surface area contributed by atoms with E-state index in [1.54, 1.807) is 8.61 Å². The van der Waals surface area contributed by atoms with E-state index in [0.717, 1.165) is 38.8 Å². The number of piperidine rings is 1. The topological polar surface area (TPSA) is 61.9 Å². The van der Waals surface area contributed by atoms with Crippen molar-refractivity contribution in [3.05, 3.63) is 0 Å². The SMILES string of the molecule is CCNCC1CCN(S(=O)(=O)N2CC3CCC(C2)O3)CC1. The fourth-order valence-electron chi connectivity index (χ4n) is 3.62. The molecule has 0 aromatic rings. The molecule has 122 valence electrons. The van der Waals surface area contributed by atoms with Crippen LogP contribution < -0.4 is 5.32 Å². The highest BCUT2D eigenvalue weighted by Gasteiger charge is 2.41. The molecule has 3 saturated heterocycles. The predicted octanol–water partition coefficient (Wildman–Crippen LogP) is 0.416. The summed E-state index contributed by atoms with van der Waals surface area (Å²) >= 11 is 0. The molecule has 21 heavy (non-hydrogen) atoms. The number of nitrogens with zero attached hydrogens (tertiary/aromatic N) is 2. The molecule has 0 radical (unpaired) electrons. The zero-order chi connectivity index (χ0) is 14.9. The van der Waals surface area contributed by atoms with Gasteiger partial charge in [-0.15, -0.1) is 0 Å². The van der Waals surface area contributed by atoms with Gasteiger partial charge in [-0.25, -0.2) is 0 Å². The Morgan fingerprint density at radius 1 is 1.05 bits per heavy atom. The molecule has 0 aromatic heterocycles. The van der Waals surface area contributed by atoms with Gasteiger partial charge >= 0.3 is 0 Å². The van der Waals surface area contributed by atoms with Crippen LogP contribution in [-0.2, 0) is 14.9 Å². The van der Waals surface area contributed by atoms with Gasteiger partial charge in [0.15, 0.2) is 0 Å². The Bertz CT molecular complexity index is 436. The first-order valence-electron chi connectivity index (χ1n) is 8.21. The maximum atomic E-state index is 12.8. The minimum atomic E-state index is -3.29. The molecule has 0 amide bonds. The van der Waals surface area contributed by atoms with Crippen LogP contribution >= 0.6 is 0 Å². The molecule has 0 aromatic carbocycles. The van der Waals surface area contributed by atoms with Crippen LogP contribution in [0.5, 0.6) is 0 Å². The lowest BCUT2D eigenvalue weighted by Crippen LogP contribution is -2.53. The van der Waals surface area contributed by atoms with Crippen LogP contribution in [-0.4, -0.2) is 68.5 Å². The van der Waals surface area contributed by atoms with Gasteiger partial charge in [0.05, 0.1) is 12.2 Å². The molecular weight excluding hydrogens is 290 g/mol. The van der Waals surface area contributed by atoms with E-state index < -0.39 is 10.2 Å². The number of hydrogen-bond donors (Lipinski definition) is 1. The summed E-state index contributed by atoms with van der Waals surface area (Å²) in [5, 5.41) is 3.36. The summed E-state index contributed by atoms with van der Waals surface area (Å²) < 4.78 is 34.6. The van der Waals surface area contributed by atoms with Gasteiger partial charge in [0.2, 0.25) is 0 Å². The van der Waals surface area contributed by atoms with Gasteiger partial charge < -0.3 is 10.1 Å². The van der Waals surface area contributed by atoms with Gasteiger partial charge in [-0.05, 0) is 44.7 Å². The van der Waals surface area contributed by atoms with Gasteiger partial charge in [-0.2, -0.15) is 17.0 Å². The highest BCUT2D eigenvalue weighted by Crippen LogP contribution is 2.30. The van der Waals surface area contributed by atoms with E-state index >= 15 is 0 Å². The van der Waals surface area contributed by atoms with Crippen LogP contribution in [0.25, 0.3) is 0 Å². The highest BCUT2D eigenvalue weighted by molar-refractivity contribution is 7.86. The molecule has 0 aliphatic carbocycles. The zero-order valence-corrected chi connectivity index (χ0v) is 13.6. The molecular formula is C14H27N3O3S. The number of rotatable bonds is 5. The molecule has 3 aliphatic heterocycles. The molecule has 0 spiro atoms. The maximum Gasteiger partial charge on any atom is 0.282 e. The molecule has 1 N–H and O–H groups in total. The van der Waals surface area contributed by atoms with Crippen LogP contribution in [0.4, 0.5) is 0 Å². The lowest BCUT2D eigenvalue weighted by atomic mass is 9.98. The monoisotopic (exact) mass is 317 g/mol. The van der Waals surface area contributed by atoms with E-state index in [1.165, 1.54) is 0 Å². The summed E-state index contributed by atoms with van der Waals surface area (Å²) in [5.74, 6) is 0.609. The first kappa shape index (κ1) is 15.7. The fourth-order valence-corrected chi connectivity index (χ4v) is 5.33. The van der Waals surface area contributed by atoms with Crippen LogP contribution in [0.15, 0.2) is 0 Å². The third-order valence-electron chi connectivity index (χ3n) is 4.92. The lowest BCUT2D eigenvalue weighted by Gasteiger charge is -2.38. The van der Waals surface area contributed by atoms with Crippen LogP contribution in [0.1, 0.15) is 32.6 Å². The Morgan fingerprint density at radius 2 is 1.67 bits per heavy atom. The summed E-state index contributed by atoms with van der Waals surface area (Å²) in [4.78, 5) is 0. The van der Waals surface area contributed by atoms with Crippen molar-refractivity contribution in [1.82, 2.24) is 13.9 Å². The molecule has 3 fully saturated rings. The average Bonchev–Trinajstić information content (AvgIpc) is 2.83. The second-order valence-corrected chi connectivity index (χ2v) is 8.36. The summed E-state index contributed by atoms with van der Waals surface area (Å²) in [6, 6.07) is 0. The van der Waals surface area contributed by atoms with Crippen molar-refractivity contribution in [1.29, 1.82) is 0 Å². The Balaban J connectivity index is 1.56. The number of hydrogen-bond acceptors (Lipinski definition) is 4. The third kappa shape index (κ3) is 3.42. The minimum Gasteiger partial charge on any atom is -0.372 e. The van der Waals surface area contributed by atoms with E-state index in [0.29, 0.717) is 32.1 Å². The third-order valence-corrected chi connectivity index (χ3v) is 6.89. The first-order chi connectivity index (χ1) is 10.1. The smallest absolute Gasteiger partial charge is 0.282 e. The molecule has 7 heteroatoms. The molecule has 0 saturated carbocycles. The van der Waals surface area contributed by atoms with Crippen molar-refractivity contribution in [3.63, 3.8) is 0 Å². The fraction of sp³-hybridized carbons (Fsp3) is 1.00. The van der Waals surface area contributed by atoms with Crippen molar-refractivity contribution in [2.24, 2.45) is 5.92 Å². The molecule has 6 nitrogen and oxygen atoms in total. The highest BCUT2D eigenvalue weighted by atomic mass is 32.2. The van der Waals surface area contributed by atoms with Crippen molar-refractivity contribution in [3.8, 4) is 0 Å². The van der Waals surface area contributed by atoms with Gasteiger partial charge in [-0.3, -0.25) is 0 Å². The Morgan fingerprint density at radius 3 is 2.24 bits per heavy atom. The number of ether oxygens (including phenoxy) is 1. The van der Waals surface area contributed by atoms with Crippen molar-refractivity contribution in [2.45, 2.75) is 44.8 Å². The summed E-state index contributed by atoms with van der Waals surface area (Å²) in [6.07, 6.45) is 4.16. The van der Waals surface area contributed by atoms with E-state index in [-0.39, 0.29) is 12.2 Å². The quantitative estimate of drug-likeness (QED) is 0.798. The Hall–Kier alpha value is -0.210. The summed E-state index contributed by atoms with van der Waals surface area (Å²) in [6.45, 7) is 6.48. The standard InChI is InChI=1S/C14H27N3O3S/c1-2-15-9-12-5-7-16(8-6-12)21(18,19)17-10-13-3-4-14(11-17)20-13/h12-15H,2-11H2,1H3. The van der Waals surface area contributed by atoms with Gasteiger partial charge in [0.1, 0.15) is 0 Å². The zero-order valence-electron chi connectivity index (χ0n) is 12.8. The number of fused-ring (bicyclic) bond motifs is 2. The van der Waals surface area contributed by atoms with E-state index in [9.17, 15) is 8.42 Å². The maximum absolute atomic E-state index is 12.8. The lowest BCUT2D eigenvalue weighted by molar-refractivity contribution is -0.0134. The second-order valence-electron chi connectivity index (χ2n) is 6.43. The molecule has 2 atom stereocenters. The largest absolute Gasteiger partial charge is 0.372 e. The molecule has 2 unspecified atom stereocenters. The molecule has 2 bridgehead atoms. The van der Waals surface area contributed by atoms with Crippen LogP contribution in [0, 0.1) is 5.92 Å². The van der Waals surface area contributed by atoms with Gasteiger partial charge in [0, 0.05) is 26.2 Å². The minimum absolute atomic E-state index is 0.116. The number of morpholine rings is 1. The molecule has 3 heterocycles. The molecule has 3 aliphatic rings. The normalized spacial score (nSPS) is 32.6. The van der Waals surface area contributed by atoms with Crippen molar-refractivity contribution in [2.75, 3.05) is 39.3 Å². The van der Waals surface area contributed by atoms with Gasteiger partial charge in [-0.1, -0.05) is 6.92 Å².